The lowest BCUT2D eigenvalue weighted by molar-refractivity contribution is -0.139. The first kappa shape index (κ1) is 31.0. The zero-order valence-corrected chi connectivity index (χ0v) is 25.0. The standard InChI is InChI=1S/C30H36ClN3O5S/c1-21(2)18-32-30(36)23(4)33(19-24-8-6-7-22(3)17-24)29(35)20-34(26-11-9-25(31)10-12-26)40(37,38)28-15-13-27(39-5)14-16-28/h6-17,21,23H,18-20H2,1-5H3,(H,32,36)/t23-/m0/s1. The fourth-order valence-electron chi connectivity index (χ4n) is 4.05. The SMILES string of the molecule is COc1ccc(S(=O)(=O)N(CC(=O)N(Cc2cccc(C)c2)[C@@H](C)C(=O)NCC(C)C)c2ccc(Cl)cc2)cc1. The van der Waals surface area contributed by atoms with Gasteiger partial charge in [0.1, 0.15) is 18.3 Å². The summed E-state index contributed by atoms with van der Waals surface area (Å²) >= 11 is 6.07. The topological polar surface area (TPSA) is 96.0 Å². The van der Waals surface area contributed by atoms with Crippen LogP contribution in [0.2, 0.25) is 5.02 Å². The van der Waals surface area contributed by atoms with E-state index >= 15 is 0 Å². The molecule has 0 fully saturated rings. The van der Waals surface area contributed by atoms with E-state index < -0.39 is 28.5 Å². The first-order valence-electron chi connectivity index (χ1n) is 13.0. The van der Waals surface area contributed by atoms with Crippen molar-refractivity contribution >= 4 is 39.1 Å². The molecule has 0 aliphatic carbocycles. The van der Waals surface area contributed by atoms with E-state index in [4.69, 9.17) is 16.3 Å². The van der Waals surface area contributed by atoms with Crippen molar-refractivity contribution in [3.63, 3.8) is 0 Å². The number of hydrogen-bond acceptors (Lipinski definition) is 5. The van der Waals surface area contributed by atoms with Gasteiger partial charge in [0.05, 0.1) is 17.7 Å². The Hall–Kier alpha value is -3.56. The lowest BCUT2D eigenvalue weighted by Gasteiger charge is -2.32. The molecule has 214 valence electrons. The van der Waals surface area contributed by atoms with Crippen LogP contribution < -0.4 is 14.4 Å². The average molecular weight is 586 g/mol. The number of methoxy groups -OCH3 is 1. The van der Waals surface area contributed by atoms with Crippen molar-refractivity contribution in [2.45, 2.75) is 45.2 Å². The van der Waals surface area contributed by atoms with E-state index in [-0.39, 0.29) is 29.0 Å². The Bertz CT molecular complexity index is 1410. The van der Waals surface area contributed by atoms with Gasteiger partial charge >= 0.3 is 0 Å². The average Bonchev–Trinajstić information content (AvgIpc) is 2.93. The molecule has 8 nitrogen and oxygen atoms in total. The molecule has 0 radical (unpaired) electrons. The van der Waals surface area contributed by atoms with E-state index in [2.05, 4.69) is 5.32 Å². The number of carbonyl (C=O) groups excluding carboxylic acids is 2. The smallest absolute Gasteiger partial charge is 0.264 e. The predicted molar refractivity (Wildman–Crippen MR) is 158 cm³/mol. The minimum Gasteiger partial charge on any atom is -0.497 e. The zero-order valence-electron chi connectivity index (χ0n) is 23.4. The van der Waals surface area contributed by atoms with Gasteiger partial charge in [0.15, 0.2) is 0 Å². The highest BCUT2D eigenvalue weighted by Crippen LogP contribution is 2.27. The van der Waals surface area contributed by atoms with Crippen molar-refractivity contribution in [3.05, 3.63) is 88.9 Å². The molecule has 0 bridgehead atoms. The van der Waals surface area contributed by atoms with Crippen molar-refractivity contribution in [1.82, 2.24) is 10.2 Å². The van der Waals surface area contributed by atoms with Gasteiger partial charge < -0.3 is 15.0 Å². The maximum absolute atomic E-state index is 13.9. The van der Waals surface area contributed by atoms with E-state index in [1.54, 1.807) is 43.3 Å². The predicted octanol–water partition coefficient (Wildman–Crippen LogP) is 5.04. The Kier molecular flexibility index (Phi) is 10.6. The third kappa shape index (κ3) is 7.99. The summed E-state index contributed by atoms with van der Waals surface area (Å²) in [5, 5.41) is 3.31. The van der Waals surface area contributed by atoms with E-state index in [0.717, 1.165) is 15.4 Å². The van der Waals surface area contributed by atoms with Gasteiger partial charge in [-0.05, 0) is 73.9 Å². The lowest BCUT2D eigenvalue weighted by atomic mass is 10.1. The normalized spacial score (nSPS) is 12.1. The molecule has 40 heavy (non-hydrogen) atoms. The Morgan fingerprint density at radius 1 is 0.975 bits per heavy atom. The molecule has 0 heterocycles. The molecule has 0 saturated heterocycles. The summed E-state index contributed by atoms with van der Waals surface area (Å²) in [4.78, 5) is 28.4. The van der Waals surface area contributed by atoms with Crippen LogP contribution in [0.5, 0.6) is 5.75 Å². The van der Waals surface area contributed by atoms with Gasteiger partial charge in [-0.25, -0.2) is 8.42 Å². The number of hydrogen-bond donors (Lipinski definition) is 1. The largest absolute Gasteiger partial charge is 0.497 e. The van der Waals surface area contributed by atoms with Crippen molar-refractivity contribution < 1.29 is 22.7 Å². The number of sulfonamides is 1. The summed E-state index contributed by atoms with van der Waals surface area (Å²) in [7, 11) is -2.69. The molecule has 0 saturated carbocycles. The van der Waals surface area contributed by atoms with Crippen LogP contribution in [-0.4, -0.2) is 51.4 Å². The minimum absolute atomic E-state index is 0.0102. The van der Waals surface area contributed by atoms with E-state index in [0.29, 0.717) is 17.3 Å². The Balaban J connectivity index is 2.01. The second-order valence-corrected chi connectivity index (χ2v) is 12.3. The monoisotopic (exact) mass is 585 g/mol. The molecule has 0 spiro atoms. The number of halogens is 1. The van der Waals surface area contributed by atoms with E-state index in [1.165, 1.54) is 24.1 Å². The number of rotatable bonds is 12. The van der Waals surface area contributed by atoms with Gasteiger partial charge in [0, 0.05) is 18.1 Å². The van der Waals surface area contributed by atoms with Gasteiger partial charge in [-0.1, -0.05) is 55.3 Å². The fraction of sp³-hybridized carbons (Fsp3) is 0.333. The third-order valence-corrected chi connectivity index (χ3v) is 8.37. The van der Waals surface area contributed by atoms with Crippen molar-refractivity contribution in [3.8, 4) is 5.75 Å². The van der Waals surface area contributed by atoms with Gasteiger partial charge in [0.2, 0.25) is 11.8 Å². The van der Waals surface area contributed by atoms with Crippen molar-refractivity contribution in [2.24, 2.45) is 5.92 Å². The highest BCUT2D eigenvalue weighted by atomic mass is 35.5. The van der Waals surface area contributed by atoms with Crippen LogP contribution in [-0.2, 0) is 26.2 Å². The van der Waals surface area contributed by atoms with Crippen LogP contribution in [0.1, 0.15) is 31.9 Å². The lowest BCUT2D eigenvalue weighted by Crippen LogP contribution is -2.51. The number of aryl methyl sites for hydroxylation is 1. The number of benzene rings is 3. The third-order valence-electron chi connectivity index (χ3n) is 6.33. The summed E-state index contributed by atoms with van der Waals surface area (Å²) in [6.07, 6.45) is 0. The Morgan fingerprint density at radius 2 is 1.62 bits per heavy atom. The van der Waals surface area contributed by atoms with Crippen LogP contribution in [0, 0.1) is 12.8 Å². The van der Waals surface area contributed by atoms with Gasteiger partial charge in [0.25, 0.3) is 10.0 Å². The first-order valence-corrected chi connectivity index (χ1v) is 14.8. The maximum Gasteiger partial charge on any atom is 0.264 e. The summed E-state index contributed by atoms with van der Waals surface area (Å²) < 4.78 is 33.9. The molecular formula is C30H36ClN3O5S. The molecule has 0 unspecified atom stereocenters. The summed E-state index contributed by atoms with van der Waals surface area (Å²) in [5.74, 6) is -0.114. The number of nitrogens with one attached hydrogen (secondary N) is 1. The number of nitrogens with zero attached hydrogens (tertiary/aromatic N) is 2. The highest BCUT2D eigenvalue weighted by molar-refractivity contribution is 7.92. The number of amides is 2. The van der Waals surface area contributed by atoms with E-state index in [1.807, 2.05) is 45.0 Å². The second-order valence-electron chi connectivity index (χ2n) is 9.99. The molecule has 1 N–H and O–H groups in total. The van der Waals surface area contributed by atoms with Crippen LogP contribution in [0.4, 0.5) is 5.69 Å². The van der Waals surface area contributed by atoms with Gasteiger partial charge in [-0.15, -0.1) is 0 Å². The zero-order chi connectivity index (χ0) is 29.4. The van der Waals surface area contributed by atoms with Crippen LogP contribution in [0.25, 0.3) is 0 Å². The molecule has 1 atom stereocenters. The number of anilines is 1. The van der Waals surface area contributed by atoms with Gasteiger partial charge in [-0.3, -0.25) is 13.9 Å². The summed E-state index contributed by atoms with van der Waals surface area (Å²) in [5.41, 5.74) is 2.10. The molecule has 0 aliphatic rings. The number of ether oxygens (including phenoxy) is 1. The Labute approximate surface area is 241 Å². The summed E-state index contributed by atoms with van der Waals surface area (Å²) in [6, 6.07) is 18.9. The maximum atomic E-state index is 13.9. The molecule has 10 heteroatoms. The molecule has 2 amide bonds. The molecule has 0 aliphatic heterocycles. The molecule has 3 rings (SSSR count). The first-order chi connectivity index (χ1) is 18.9. The molecule has 0 aromatic heterocycles. The van der Waals surface area contributed by atoms with Gasteiger partial charge in [-0.2, -0.15) is 0 Å². The molecular weight excluding hydrogens is 550 g/mol. The number of carbonyl (C=O) groups is 2. The van der Waals surface area contributed by atoms with Crippen LogP contribution >= 0.6 is 11.6 Å². The van der Waals surface area contributed by atoms with Crippen LogP contribution in [0.3, 0.4) is 0 Å². The quantitative estimate of drug-likeness (QED) is 0.321. The van der Waals surface area contributed by atoms with E-state index in [9.17, 15) is 18.0 Å². The summed E-state index contributed by atoms with van der Waals surface area (Å²) in [6.45, 7) is 7.62. The van der Waals surface area contributed by atoms with Crippen molar-refractivity contribution in [2.75, 3.05) is 24.5 Å². The highest BCUT2D eigenvalue weighted by Gasteiger charge is 2.32. The fourth-order valence-corrected chi connectivity index (χ4v) is 5.59. The second kappa shape index (κ2) is 13.7. The molecule has 3 aromatic rings. The van der Waals surface area contributed by atoms with Crippen molar-refractivity contribution in [1.29, 1.82) is 0 Å². The minimum atomic E-state index is -4.18. The molecule has 3 aromatic carbocycles. The Morgan fingerprint density at radius 3 is 2.20 bits per heavy atom. The van der Waals surface area contributed by atoms with Crippen LogP contribution in [0.15, 0.2) is 77.7 Å².